The van der Waals surface area contributed by atoms with E-state index in [0.717, 1.165) is 52.2 Å². The molecular weight excluding hydrogens is 352 g/mol. The minimum Gasteiger partial charge on any atom is -0.379 e. The van der Waals surface area contributed by atoms with Gasteiger partial charge in [0, 0.05) is 50.4 Å². The fourth-order valence-electron chi connectivity index (χ4n) is 4.58. The van der Waals surface area contributed by atoms with Gasteiger partial charge in [0.05, 0.1) is 25.8 Å². The smallest absolute Gasteiger partial charge is 0.226 e. The number of nitrogens with zero attached hydrogens (tertiary/aromatic N) is 4. The number of hydrogen-bond donors (Lipinski definition) is 0. The van der Waals surface area contributed by atoms with E-state index in [1.807, 2.05) is 23.1 Å². The van der Waals surface area contributed by atoms with Gasteiger partial charge < -0.3 is 9.64 Å². The van der Waals surface area contributed by atoms with Crippen LogP contribution < -0.4 is 0 Å². The molecule has 6 nitrogen and oxygen atoms in total. The molecule has 1 aromatic heterocycles. The molecule has 0 unspecified atom stereocenters. The third-order valence-electron chi connectivity index (χ3n) is 6.16. The van der Waals surface area contributed by atoms with E-state index in [0.29, 0.717) is 18.4 Å². The number of amides is 1. The van der Waals surface area contributed by atoms with Crippen LogP contribution in [-0.2, 0) is 22.6 Å². The van der Waals surface area contributed by atoms with Crippen LogP contribution in [0.5, 0.6) is 0 Å². The lowest BCUT2D eigenvalue weighted by molar-refractivity contribution is -0.135. The number of hydrogen-bond acceptors (Lipinski definition) is 4. The van der Waals surface area contributed by atoms with Crippen LogP contribution in [0.2, 0.25) is 0 Å². The van der Waals surface area contributed by atoms with Gasteiger partial charge in [-0.3, -0.25) is 14.4 Å². The van der Waals surface area contributed by atoms with Gasteiger partial charge >= 0.3 is 0 Å². The summed E-state index contributed by atoms with van der Waals surface area (Å²) in [5.41, 5.74) is 2.65. The molecule has 0 N–H and O–H groups in total. The Morgan fingerprint density at radius 2 is 1.86 bits per heavy atom. The molecule has 5 rings (SSSR count). The number of benzene rings is 1. The lowest BCUT2D eigenvalue weighted by Crippen LogP contribution is -2.47. The molecule has 28 heavy (non-hydrogen) atoms. The SMILES string of the molecule is O=C(C1CC1)N1C[C@H]2COC[C@@H]1CN(Cc1ccccc1Cn1cccn1)C2. The lowest BCUT2D eigenvalue weighted by Gasteiger charge is -2.31. The predicted molar refractivity (Wildman–Crippen MR) is 106 cm³/mol. The van der Waals surface area contributed by atoms with Gasteiger partial charge in [-0.1, -0.05) is 24.3 Å². The number of carbonyl (C=O) groups excluding carboxylic acids is 1. The molecule has 1 aliphatic carbocycles. The molecule has 6 heteroatoms. The van der Waals surface area contributed by atoms with Crippen LogP contribution in [-0.4, -0.2) is 64.4 Å². The Morgan fingerprint density at radius 1 is 1.04 bits per heavy atom. The highest BCUT2D eigenvalue weighted by atomic mass is 16.5. The molecule has 2 saturated heterocycles. The van der Waals surface area contributed by atoms with E-state index in [4.69, 9.17) is 4.74 Å². The monoisotopic (exact) mass is 380 g/mol. The predicted octanol–water partition coefficient (Wildman–Crippen LogP) is 2.00. The zero-order chi connectivity index (χ0) is 18.9. The standard InChI is InChI=1S/C22H28N4O2/c27-22(18-6-7-18)26-11-17-10-24(14-21(26)16-28-15-17)12-19-4-1-2-5-20(19)13-25-9-3-8-23-25/h1-5,8-9,17-18,21H,6-7,10-16H2/t17-,21-/m0/s1. The Morgan fingerprint density at radius 3 is 2.61 bits per heavy atom. The average Bonchev–Trinajstić information content (AvgIpc) is 3.46. The maximum Gasteiger partial charge on any atom is 0.226 e. The Labute approximate surface area is 166 Å². The van der Waals surface area contributed by atoms with Crippen molar-refractivity contribution in [2.45, 2.75) is 32.0 Å². The van der Waals surface area contributed by atoms with Crippen molar-refractivity contribution in [3.63, 3.8) is 0 Å². The number of rotatable bonds is 5. The Hall–Kier alpha value is -2.18. The van der Waals surface area contributed by atoms with E-state index in [2.05, 4.69) is 39.2 Å². The van der Waals surface area contributed by atoms with Crippen LogP contribution in [0.1, 0.15) is 24.0 Å². The highest BCUT2D eigenvalue weighted by molar-refractivity contribution is 5.81. The van der Waals surface area contributed by atoms with Crippen LogP contribution in [0.4, 0.5) is 0 Å². The summed E-state index contributed by atoms with van der Waals surface area (Å²) in [4.78, 5) is 17.5. The van der Waals surface area contributed by atoms with Gasteiger partial charge in [-0.05, 0) is 30.0 Å². The van der Waals surface area contributed by atoms with Gasteiger partial charge in [-0.2, -0.15) is 5.10 Å². The summed E-state index contributed by atoms with van der Waals surface area (Å²) in [6, 6.07) is 10.8. The van der Waals surface area contributed by atoms with E-state index in [-0.39, 0.29) is 12.0 Å². The quantitative estimate of drug-likeness (QED) is 0.796. The first-order chi connectivity index (χ1) is 13.8. The van der Waals surface area contributed by atoms with Gasteiger partial charge in [-0.25, -0.2) is 0 Å². The maximum absolute atomic E-state index is 12.8. The molecule has 1 saturated carbocycles. The molecule has 3 aliphatic rings. The third kappa shape index (κ3) is 3.84. The average molecular weight is 380 g/mol. The van der Waals surface area contributed by atoms with E-state index in [1.54, 1.807) is 0 Å². The summed E-state index contributed by atoms with van der Waals surface area (Å²) >= 11 is 0. The number of fused-ring (bicyclic) bond motifs is 3. The summed E-state index contributed by atoms with van der Waals surface area (Å²) in [5.74, 6) is 1.04. The van der Waals surface area contributed by atoms with Crippen molar-refractivity contribution in [1.29, 1.82) is 0 Å². The van der Waals surface area contributed by atoms with Crippen molar-refractivity contribution < 1.29 is 9.53 Å². The van der Waals surface area contributed by atoms with Gasteiger partial charge in [-0.15, -0.1) is 0 Å². The van der Waals surface area contributed by atoms with Crippen LogP contribution in [0, 0.1) is 11.8 Å². The summed E-state index contributed by atoms with van der Waals surface area (Å²) in [6.45, 7) is 5.86. The molecule has 0 radical (unpaired) electrons. The normalized spacial score (nSPS) is 25.5. The number of carbonyl (C=O) groups is 1. The Balaban J connectivity index is 1.33. The Kier molecular flexibility index (Phi) is 4.91. The largest absolute Gasteiger partial charge is 0.379 e. The first kappa shape index (κ1) is 17.9. The highest BCUT2D eigenvalue weighted by Gasteiger charge is 2.41. The molecule has 2 atom stereocenters. The molecule has 3 heterocycles. The summed E-state index contributed by atoms with van der Waals surface area (Å²) < 4.78 is 7.87. The van der Waals surface area contributed by atoms with Crippen molar-refractivity contribution in [2.24, 2.45) is 11.8 Å². The molecule has 3 fully saturated rings. The fourth-order valence-corrected chi connectivity index (χ4v) is 4.58. The highest BCUT2D eigenvalue weighted by Crippen LogP contribution is 2.33. The van der Waals surface area contributed by atoms with Crippen LogP contribution in [0.25, 0.3) is 0 Å². The summed E-state index contributed by atoms with van der Waals surface area (Å²) in [6.07, 6.45) is 5.96. The van der Waals surface area contributed by atoms with Crippen molar-refractivity contribution >= 4 is 5.91 Å². The second-order valence-electron chi connectivity index (χ2n) is 8.49. The van der Waals surface area contributed by atoms with E-state index < -0.39 is 0 Å². The minimum absolute atomic E-state index is 0.180. The second-order valence-corrected chi connectivity index (χ2v) is 8.49. The van der Waals surface area contributed by atoms with Crippen molar-refractivity contribution in [1.82, 2.24) is 19.6 Å². The zero-order valence-electron chi connectivity index (χ0n) is 16.2. The molecule has 2 aliphatic heterocycles. The summed E-state index contributed by atoms with van der Waals surface area (Å²) in [7, 11) is 0. The summed E-state index contributed by atoms with van der Waals surface area (Å²) in [5, 5.41) is 4.36. The van der Waals surface area contributed by atoms with E-state index in [9.17, 15) is 4.79 Å². The van der Waals surface area contributed by atoms with Crippen LogP contribution in [0.3, 0.4) is 0 Å². The molecule has 1 aromatic carbocycles. The van der Waals surface area contributed by atoms with Crippen LogP contribution in [0.15, 0.2) is 42.7 Å². The molecule has 0 spiro atoms. The minimum atomic E-state index is 0.180. The molecule has 148 valence electrons. The number of aromatic nitrogens is 2. The topological polar surface area (TPSA) is 50.6 Å². The van der Waals surface area contributed by atoms with Crippen molar-refractivity contribution in [2.75, 3.05) is 32.8 Å². The first-order valence-corrected chi connectivity index (χ1v) is 10.4. The van der Waals surface area contributed by atoms with Crippen LogP contribution >= 0.6 is 0 Å². The van der Waals surface area contributed by atoms with Gasteiger partial charge in [0.25, 0.3) is 0 Å². The Bertz CT molecular complexity index is 818. The van der Waals surface area contributed by atoms with Gasteiger partial charge in [0.2, 0.25) is 5.91 Å². The van der Waals surface area contributed by atoms with Gasteiger partial charge in [0.15, 0.2) is 0 Å². The van der Waals surface area contributed by atoms with Crippen molar-refractivity contribution in [3.05, 3.63) is 53.9 Å². The van der Waals surface area contributed by atoms with Gasteiger partial charge in [0.1, 0.15) is 0 Å². The fraction of sp³-hybridized carbons (Fsp3) is 0.545. The molecule has 2 bridgehead atoms. The zero-order valence-corrected chi connectivity index (χ0v) is 16.2. The van der Waals surface area contributed by atoms with E-state index in [1.165, 1.54) is 11.1 Å². The lowest BCUT2D eigenvalue weighted by atomic mass is 10.1. The molecule has 1 amide bonds. The molecule has 2 aromatic rings. The third-order valence-corrected chi connectivity index (χ3v) is 6.16. The van der Waals surface area contributed by atoms with E-state index >= 15 is 0 Å². The first-order valence-electron chi connectivity index (χ1n) is 10.4. The molecular formula is C22H28N4O2. The van der Waals surface area contributed by atoms with Crippen molar-refractivity contribution in [3.8, 4) is 0 Å². The number of ether oxygens (including phenoxy) is 1. The second kappa shape index (κ2) is 7.68. The maximum atomic E-state index is 12.8.